The Hall–Kier alpha value is -2.04. The summed E-state index contributed by atoms with van der Waals surface area (Å²) in [5.74, 6) is 0.783. The van der Waals surface area contributed by atoms with E-state index in [-0.39, 0.29) is 5.82 Å². The van der Waals surface area contributed by atoms with Gasteiger partial charge in [0.25, 0.3) is 0 Å². The van der Waals surface area contributed by atoms with Crippen LogP contribution in [-0.4, -0.2) is 16.4 Å². The molecule has 2 aromatic rings. The van der Waals surface area contributed by atoms with Crippen LogP contribution in [0.2, 0.25) is 0 Å². The maximum absolute atomic E-state index is 14.0. The summed E-state index contributed by atoms with van der Waals surface area (Å²) in [6.45, 7) is 0.617. The summed E-state index contributed by atoms with van der Waals surface area (Å²) in [5, 5.41) is 4.22. The van der Waals surface area contributed by atoms with Crippen molar-refractivity contribution in [1.82, 2.24) is 9.78 Å². The van der Waals surface area contributed by atoms with Gasteiger partial charge >= 0.3 is 0 Å². The van der Waals surface area contributed by atoms with Crippen molar-refractivity contribution >= 4 is 5.82 Å². The molecule has 0 bridgehead atoms. The molecule has 0 radical (unpaired) electrons. The Balaban J connectivity index is 2.21. The highest BCUT2D eigenvalue weighted by Gasteiger charge is 2.21. The molecule has 0 unspecified atom stereocenters. The van der Waals surface area contributed by atoms with Crippen LogP contribution in [-0.2, 0) is 13.5 Å². The van der Waals surface area contributed by atoms with Gasteiger partial charge in [-0.1, -0.05) is 6.07 Å². The molecule has 2 heterocycles. The van der Waals surface area contributed by atoms with Gasteiger partial charge in [0.15, 0.2) is 0 Å². The van der Waals surface area contributed by atoms with Gasteiger partial charge in [-0.2, -0.15) is 5.10 Å². The molecule has 94 valence electrons. The molecule has 0 amide bonds. The van der Waals surface area contributed by atoms with Gasteiger partial charge in [-0.25, -0.2) is 4.39 Å². The van der Waals surface area contributed by atoms with E-state index in [1.165, 1.54) is 10.7 Å². The Labute approximate surface area is 104 Å². The number of hydrogen-bond donors (Lipinski definition) is 1. The molecule has 0 saturated carbocycles. The third-order valence-electron chi connectivity index (χ3n) is 3.20. The summed E-state index contributed by atoms with van der Waals surface area (Å²) in [4.78, 5) is 0. The van der Waals surface area contributed by atoms with Gasteiger partial charge in [0.1, 0.15) is 23.1 Å². The Bertz CT molecular complexity index is 587. The normalized spacial score (nSPS) is 14.1. The lowest BCUT2D eigenvalue weighted by molar-refractivity contribution is 0.288. The van der Waals surface area contributed by atoms with Gasteiger partial charge < -0.3 is 10.5 Å². The van der Waals surface area contributed by atoms with Crippen LogP contribution in [0.3, 0.4) is 0 Å². The number of ether oxygens (including phenoxy) is 1. The minimum absolute atomic E-state index is 0.325. The van der Waals surface area contributed by atoms with Crippen LogP contribution in [0, 0.1) is 5.82 Å². The molecule has 2 N–H and O–H groups in total. The van der Waals surface area contributed by atoms with Crippen molar-refractivity contribution in [3.05, 3.63) is 29.6 Å². The number of rotatable bonds is 1. The second kappa shape index (κ2) is 4.01. The van der Waals surface area contributed by atoms with E-state index in [2.05, 4.69) is 5.10 Å². The topological polar surface area (TPSA) is 53.1 Å². The molecule has 1 aromatic carbocycles. The summed E-state index contributed by atoms with van der Waals surface area (Å²) in [7, 11) is 1.73. The molecule has 0 atom stereocenters. The molecule has 0 fully saturated rings. The fourth-order valence-corrected chi connectivity index (χ4v) is 2.24. The summed E-state index contributed by atoms with van der Waals surface area (Å²) in [6, 6.07) is 4.91. The Morgan fingerprint density at radius 3 is 3.00 bits per heavy atom. The van der Waals surface area contributed by atoms with Gasteiger partial charge in [0, 0.05) is 13.1 Å². The minimum Gasteiger partial charge on any atom is -0.492 e. The molecule has 1 aromatic heterocycles. The van der Waals surface area contributed by atoms with Crippen LogP contribution < -0.4 is 10.5 Å². The van der Waals surface area contributed by atoms with Crippen LogP contribution >= 0.6 is 0 Å². The van der Waals surface area contributed by atoms with Crippen LogP contribution in [0.4, 0.5) is 10.2 Å². The number of anilines is 1. The van der Waals surface area contributed by atoms with Gasteiger partial charge in [0.05, 0.1) is 12.2 Å². The van der Waals surface area contributed by atoms with Gasteiger partial charge in [-0.3, -0.25) is 4.68 Å². The zero-order chi connectivity index (χ0) is 12.7. The third-order valence-corrected chi connectivity index (χ3v) is 3.20. The number of nitrogens with zero attached hydrogens (tertiary/aromatic N) is 2. The highest BCUT2D eigenvalue weighted by Crippen LogP contribution is 2.38. The summed E-state index contributed by atoms with van der Waals surface area (Å²) >= 11 is 0. The predicted molar refractivity (Wildman–Crippen MR) is 66.8 cm³/mol. The zero-order valence-corrected chi connectivity index (χ0v) is 10.1. The van der Waals surface area contributed by atoms with Crippen molar-refractivity contribution in [2.75, 3.05) is 12.3 Å². The van der Waals surface area contributed by atoms with E-state index in [1.807, 2.05) is 0 Å². The highest BCUT2D eigenvalue weighted by atomic mass is 19.1. The zero-order valence-electron chi connectivity index (χ0n) is 10.1. The number of fused-ring (bicyclic) bond motifs is 1. The average molecular weight is 247 g/mol. The quantitative estimate of drug-likeness (QED) is 0.840. The van der Waals surface area contributed by atoms with E-state index in [4.69, 9.17) is 10.5 Å². The largest absolute Gasteiger partial charge is 0.492 e. The number of nitrogens with two attached hydrogens (primary N) is 1. The predicted octanol–water partition coefficient (Wildman–Crippen LogP) is 2.13. The molecular weight excluding hydrogens is 233 g/mol. The van der Waals surface area contributed by atoms with Crippen LogP contribution in [0.15, 0.2) is 18.2 Å². The maximum atomic E-state index is 14.0. The first-order valence-electron chi connectivity index (χ1n) is 5.91. The molecule has 18 heavy (non-hydrogen) atoms. The van der Waals surface area contributed by atoms with E-state index < -0.39 is 0 Å². The smallest absolute Gasteiger partial charge is 0.136 e. The second-order valence-corrected chi connectivity index (χ2v) is 4.44. The molecular formula is C13H14FN3O. The molecule has 0 aliphatic carbocycles. The lowest BCUT2D eigenvalue weighted by Gasteiger charge is -2.20. The second-order valence-electron chi connectivity index (χ2n) is 4.44. The van der Waals surface area contributed by atoms with Crippen LogP contribution in [0.1, 0.15) is 12.0 Å². The van der Waals surface area contributed by atoms with E-state index in [0.29, 0.717) is 29.4 Å². The minimum atomic E-state index is -0.325. The van der Waals surface area contributed by atoms with Crippen LogP contribution in [0.5, 0.6) is 5.75 Å². The standard InChI is InChI=1S/C13H14FN3O/c1-17-11(15)7-10(16-17)12-9(14)5-4-8-3-2-6-18-13(8)12/h4-5,7H,2-3,6,15H2,1H3. The first-order chi connectivity index (χ1) is 8.66. The van der Waals surface area contributed by atoms with Crippen molar-refractivity contribution < 1.29 is 9.13 Å². The summed E-state index contributed by atoms with van der Waals surface area (Å²) < 4.78 is 21.2. The van der Waals surface area contributed by atoms with Crippen molar-refractivity contribution in [2.24, 2.45) is 7.05 Å². The van der Waals surface area contributed by atoms with Crippen LogP contribution in [0.25, 0.3) is 11.3 Å². The fraction of sp³-hybridized carbons (Fsp3) is 0.308. The summed E-state index contributed by atoms with van der Waals surface area (Å²) in [5.41, 5.74) is 7.71. The molecule has 1 aliphatic rings. The van der Waals surface area contributed by atoms with Gasteiger partial charge in [0.2, 0.25) is 0 Å². The number of aryl methyl sites for hydroxylation is 2. The van der Waals surface area contributed by atoms with Crippen molar-refractivity contribution in [2.45, 2.75) is 12.8 Å². The first-order valence-corrected chi connectivity index (χ1v) is 5.91. The SMILES string of the molecule is Cn1nc(-c2c(F)ccc3c2OCCC3)cc1N. The number of benzene rings is 1. The maximum Gasteiger partial charge on any atom is 0.136 e. The fourth-order valence-electron chi connectivity index (χ4n) is 2.24. The monoisotopic (exact) mass is 247 g/mol. The first kappa shape index (κ1) is 11.1. The van der Waals surface area contributed by atoms with Gasteiger partial charge in [-0.15, -0.1) is 0 Å². The van der Waals surface area contributed by atoms with Crippen molar-refractivity contribution in [3.8, 4) is 17.0 Å². The number of hydrogen-bond acceptors (Lipinski definition) is 3. The highest BCUT2D eigenvalue weighted by molar-refractivity contribution is 5.72. The van der Waals surface area contributed by atoms with E-state index in [9.17, 15) is 4.39 Å². The van der Waals surface area contributed by atoms with E-state index in [0.717, 1.165) is 18.4 Å². The lowest BCUT2D eigenvalue weighted by atomic mass is 10.00. The Kier molecular flexibility index (Phi) is 2.47. The molecule has 0 spiro atoms. The molecule has 0 saturated heterocycles. The number of halogens is 1. The molecule has 5 heteroatoms. The van der Waals surface area contributed by atoms with Crippen molar-refractivity contribution in [1.29, 1.82) is 0 Å². The molecule has 1 aliphatic heterocycles. The summed E-state index contributed by atoms with van der Waals surface area (Å²) in [6.07, 6.45) is 1.87. The third kappa shape index (κ3) is 1.63. The van der Waals surface area contributed by atoms with E-state index >= 15 is 0 Å². The van der Waals surface area contributed by atoms with E-state index in [1.54, 1.807) is 19.2 Å². The van der Waals surface area contributed by atoms with Gasteiger partial charge in [-0.05, 0) is 24.5 Å². The molecule has 3 rings (SSSR count). The Morgan fingerprint density at radius 2 is 2.28 bits per heavy atom. The molecule has 4 nitrogen and oxygen atoms in total. The average Bonchev–Trinajstić information content (AvgIpc) is 2.69. The van der Waals surface area contributed by atoms with Crippen molar-refractivity contribution in [3.63, 3.8) is 0 Å². The lowest BCUT2D eigenvalue weighted by Crippen LogP contribution is -2.10. The number of aromatic nitrogens is 2. The number of nitrogen functional groups attached to an aromatic ring is 1. The Morgan fingerprint density at radius 1 is 1.44 bits per heavy atom.